The van der Waals surface area contributed by atoms with Crippen molar-refractivity contribution in [2.45, 2.75) is 40.0 Å². The summed E-state index contributed by atoms with van der Waals surface area (Å²) < 4.78 is 0. The van der Waals surface area contributed by atoms with E-state index in [9.17, 15) is 0 Å². The Morgan fingerprint density at radius 3 is 1.63 bits per heavy atom. The average molecular weight is 269 g/mol. The van der Waals surface area contributed by atoms with Crippen LogP contribution in [-0.2, 0) is 0 Å². The topological polar surface area (TPSA) is 9.72 Å². The highest BCUT2D eigenvalue weighted by molar-refractivity contribution is 4.69. The summed E-state index contributed by atoms with van der Waals surface area (Å²) in [5.74, 6) is 1.03. The maximum absolute atomic E-state index is 2.55. The van der Waals surface area contributed by atoms with E-state index in [2.05, 4.69) is 42.5 Å². The molecule has 0 bridgehead atoms. The molecule has 0 radical (unpaired) electrons. The zero-order valence-corrected chi connectivity index (χ0v) is 13.7. The smallest absolute Gasteiger partial charge is 0.0110 e. The van der Waals surface area contributed by atoms with Crippen molar-refractivity contribution in [1.82, 2.24) is 14.7 Å². The molecule has 114 valence electrons. The maximum Gasteiger partial charge on any atom is 0.0110 e. The predicted octanol–water partition coefficient (Wildman–Crippen LogP) is 2.38. The minimum Gasteiger partial charge on any atom is -0.304 e. The van der Waals surface area contributed by atoms with Crippen LogP contribution in [0, 0.1) is 5.92 Å². The largest absolute Gasteiger partial charge is 0.304 e. The van der Waals surface area contributed by atoms with Gasteiger partial charge in [0.15, 0.2) is 0 Å². The third-order valence-corrected chi connectivity index (χ3v) is 4.77. The number of piperazine rings is 1. The molecule has 2 rings (SSSR count). The lowest BCUT2D eigenvalue weighted by Crippen LogP contribution is -2.44. The van der Waals surface area contributed by atoms with E-state index in [0.717, 1.165) is 5.92 Å². The normalized spacial score (nSPS) is 24.0. The van der Waals surface area contributed by atoms with Gasteiger partial charge in [-0.25, -0.2) is 0 Å². The fourth-order valence-electron chi connectivity index (χ4n) is 2.88. The number of nitrogens with zero attached hydrogens (tertiary/aromatic N) is 3. The zero-order valence-electron chi connectivity index (χ0n) is 13.7. The van der Waals surface area contributed by atoms with Crippen molar-refractivity contribution in [3.05, 3.63) is 0 Å². The molecule has 2 heterocycles. The van der Waals surface area contributed by atoms with E-state index >= 15 is 0 Å². The Bertz CT molecular complexity index is 192. The molecule has 0 unspecified atom stereocenters. The van der Waals surface area contributed by atoms with Crippen molar-refractivity contribution in [3.63, 3.8) is 0 Å². The Labute approximate surface area is 120 Å². The van der Waals surface area contributed by atoms with Crippen LogP contribution in [0.4, 0.5) is 0 Å². The third kappa shape index (κ3) is 6.73. The second-order valence-corrected chi connectivity index (χ2v) is 6.02. The first-order valence-corrected chi connectivity index (χ1v) is 8.32. The lowest BCUT2D eigenvalue weighted by atomic mass is 9.95. The van der Waals surface area contributed by atoms with Gasteiger partial charge in [-0.15, -0.1) is 0 Å². The summed E-state index contributed by atoms with van der Waals surface area (Å²) in [6.45, 7) is 16.9. The standard InChI is InChI=1S/C9H19N.C7H16N2/c1-3-9-5-7-10(4-2)8-6-9;1-3-9-6-4-8(2)5-7-9/h9H,3-8H2,1-2H3;3-7H2,1-2H3. The fraction of sp³-hybridized carbons (Fsp3) is 1.00. The monoisotopic (exact) mass is 269 g/mol. The van der Waals surface area contributed by atoms with E-state index in [1.807, 2.05) is 0 Å². The lowest BCUT2D eigenvalue weighted by Gasteiger charge is -2.31. The van der Waals surface area contributed by atoms with Crippen LogP contribution < -0.4 is 0 Å². The molecule has 19 heavy (non-hydrogen) atoms. The maximum atomic E-state index is 2.55. The van der Waals surface area contributed by atoms with Crippen LogP contribution in [0.25, 0.3) is 0 Å². The fourth-order valence-corrected chi connectivity index (χ4v) is 2.88. The highest BCUT2D eigenvalue weighted by Crippen LogP contribution is 2.19. The van der Waals surface area contributed by atoms with Gasteiger partial charge in [0.1, 0.15) is 0 Å². The van der Waals surface area contributed by atoms with Gasteiger partial charge in [-0.3, -0.25) is 0 Å². The van der Waals surface area contributed by atoms with E-state index in [4.69, 9.17) is 0 Å². The number of likely N-dealkylation sites (N-methyl/N-ethyl adjacent to an activating group) is 2. The Morgan fingerprint density at radius 2 is 1.21 bits per heavy atom. The van der Waals surface area contributed by atoms with Crippen LogP contribution in [0.15, 0.2) is 0 Å². The van der Waals surface area contributed by atoms with Crippen molar-refractivity contribution in [1.29, 1.82) is 0 Å². The van der Waals surface area contributed by atoms with Crippen molar-refractivity contribution < 1.29 is 0 Å². The molecule has 3 nitrogen and oxygen atoms in total. The molecular weight excluding hydrogens is 234 g/mol. The van der Waals surface area contributed by atoms with Crippen molar-refractivity contribution in [2.75, 3.05) is 59.4 Å². The average Bonchev–Trinajstić information content (AvgIpc) is 2.49. The molecule has 0 amide bonds. The molecule has 0 aromatic heterocycles. The third-order valence-electron chi connectivity index (χ3n) is 4.77. The van der Waals surface area contributed by atoms with Gasteiger partial charge in [0.2, 0.25) is 0 Å². The summed E-state index contributed by atoms with van der Waals surface area (Å²) in [6.07, 6.45) is 4.26. The van der Waals surface area contributed by atoms with Crippen molar-refractivity contribution in [3.8, 4) is 0 Å². The van der Waals surface area contributed by atoms with Crippen LogP contribution in [0.3, 0.4) is 0 Å². The van der Waals surface area contributed by atoms with Gasteiger partial charge in [0, 0.05) is 26.2 Å². The molecule has 2 aliphatic rings. The Balaban J connectivity index is 0.000000191. The van der Waals surface area contributed by atoms with Crippen LogP contribution >= 0.6 is 0 Å². The highest BCUT2D eigenvalue weighted by Gasteiger charge is 2.15. The zero-order chi connectivity index (χ0) is 14.1. The second kappa shape index (κ2) is 9.73. The van der Waals surface area contributed by atoms with E-state index in [1.165, 1.54) is 71.6 Å². The molecule has 3 heteroatoms. The first-order chi connectivity index (χ1) is 9.19. The molecule has 0 atom stereocenters. The summed E-state index contributed by atoms with van der Waals surface area (Å²) >= 11 is 0. The van der Waals surface area contributed by atoms with Gasteiger partial charge in [0.25, 0.3) is 0 Å². The van der Waals surface area contributed by atoms with Gasteiger partial charge in [-0.1, -0.05) is 27.2 Å². The molecular formula is C16H35N3. The molecule has 0 aromatic rings. The lowest BCUT2D eigenvalue weighted by molar-refractivity contribution is 0.160. The molecule has 0 saturated carbocycles. The Morgan fingerprint density at radius 1 is 0.737 bits per heavy atom. The molecule has 0 N–H and O–H groups in total. The van der Waals surface area contributed by atoms with Crippen LogP contribution in [-0.4, -0.2) is 74.1 Å². The van der Waals surface area contributed by atoms with E-state index in [-0.39, 0.29) is 0 Å². The van der Waals surface area contributed by atoms with E-state index in [1.54, 1.807) is 0 Å². The SMILES string of the molecule is CCC1CCN(CC)CC1.CCN1CCN(C)CC1. The summed E-state index contributed by atoms with van der Waals surface area (Å²) in [4.78, 5) is 7.42. The quantitative estimate of drug-likeness (QED) is 0.779. The van der Waals surface area contributed by atoms with Gasteiger partial charge in [0.05, 0.1) is 0 Å². The molecule has 0 aliphatic carbocycles. The first kappa shape index (κ1) is 16.9. The van der Waals surface area contributed by atoms with Crippen LogP contribution in [0.2, 0.25) is 0 Å². The van der Waals surface area contributed by atoms with Crippen LogP contribution in [0.5, 0.6) is 0 Å². The second-order valence-electron chi connectivity index (χ2n) is 6.02. The van der Waals surface area contributed by atoms with Crippen LogP contribution in [0.1, 0.15) is 40.0 Å². The first-order valence-electron chi connectivity index (χ1n) is 8.32. The predicted molar refractivity (Wildman–Crippen MR) is 84.7 cm³/mol. The summed E-state index contributed by atoms with van der Waals surface area (Å²) in [5, 5.41) is 0. The van der Waals surface area contributed by atoms with E-state index < -0.39 is 0 Å². The Hall–Kier alpha value is -0.120. The Kier molecular flexibility index (Phi) is 8.67. The summed E-state index contributed by atoms with van der Waals surface area (Å²) in [6, 6.07) is 0. The molecule has 2 fully saturated rings. The van der Waals surface area contributed by atoms with Gasteiger partial charge in [-0.05, 0) is 52.0 Å². The minimum atomic E-state index is 1.03. The highest BCUT2D eigenvalue weighted by atomic mass is 15.2. The van der Waals surface area contributed by atoms with Crippen molar-refractivity contribution in [2.24, 2.45) is 5.92 Å². The number of hydrogen-bond acceptors (Lipinski definition) is 3. The van der Waals surface area contributed by atoms with Gasteiger partial charge < -0.3 is 14.7 Å². The number of rotatable bonds is 3. The van der Waals surface area contributed by atoms with Gasteiger partial charge >= 0.3 is 0 Å². The summed E-state index contributed by atoms with van der Waals surface area (Å²) in [5.41, 5.74) is 0. The number of likely N-dealkylation sites (tertiary alicyclic amines) is 1. The van der Waals surface area contributed by atoms with Gasteiger partial charge in [-0.2, -0.15) is 0 Å². The molecule has 0 aromatic carbocycles. The van der Waals surface area contributed by atoms with E-state index in [0.29, 0.717) is 0 Å². The number of hydrogen-bond donors (Lipinski definition) is 0. The minimum absolute atomic E-state index is 1.03. The van der Waals surface area contributed by atoms with Crippen molar-refractivity contribution >= 4 is 0 Å². The molecule has 2 aliphatic heterocycles. The summed E-state index contributed by atoms with van der Waals surface area (Å²) in [7, 11) is 2.19. The molecule has 2 saturated heterocycles. The molecule has 0 spiro atoms. The number of piperidine rings is 1.